The topological polar surface area (TPSA) is 124 Å². The molecule has 0 aliphatic carbocycles. The van der Waals surface area contributed by atoms with Crippen molar-refractivity contribution in [2.45, 2.75) is 13.0 Å². The molecular weight excluding hydrogens is 430 g/mol. The van der Waals surface area contributed by atoms with Crippen LogP contribution in [-0.2, 0) is 0 Å². The molecule has 1 aliphatic rings. The van der Waals surface area contributed by atoms with Crippen LogP contribution in [0.1, 0.15) is 18.5 Å². The number of carbonyl (C=O) groups is 1. The summed E-state index contributed by atoms with van der Waals surface area (Å²) in [5, 5.41) is 11.2. The third-order valence-electron chi connectivity index (χ3n) is 5.49. The molecule has 2 amide bonds. The van der Waals surface area contributed by atoms with E-state index < -0.39 is 0 Å². The number of para-hydroxylation sites is 1. The summed E-state index contributed by atoms with van der Waals surface area (Å²) in [7, 11) is 0. The van der Waals surface area contributed by atoms with E-state index in [1.54, 1.807) is 11.2 Å². The Labute approximate surface area is 188 Å². The van der Waals surface area contributed by atoms with E-state index in [0.717, 1.165) is 22.0 Å². The molecule has 0 unspecified atom stereocenters. The number of amides is 2. The summed E-state index contributed by atoms with van der Waals surface area (Å²) in [6.07, 6.45) is 3.08. The number of hydrogen-bond acceptors (Lipinski definition) is 7. The predicted molar refractivity (Wildman–Crippen MR) is 124 cm³/mol. The number of hydrogen-bond donors (Lipinski definition) is 4. The van der Waals surface area contributed by atoms with E-state index in [9.17, 15) is 4.79 Å². The second kappa shape index (κ2) is 8.46. The highest BCUT2D eigenvalue weighted by Crippen LogP contribution is 2.31. The zero-order valence-corrected chi connectivity index (χ0v) is 18.1. The number of anilines is 2. The number of nitrogens with one attached hydrogen (secondary N) is 4. The Morgan fingerprint density at radius 1 is 1.25 bits per heavy atom. The molecule has 164 valence electrons. The minimum atomic E-state index is -0.134. The van der Waals surface area contributed by atoms with Crippen molar-refractivity contribution in [3.8, 4) is 0 Å². The van der Waals surface area contributed by atoms with Gasteiger partial charge in [0.05, 0.1) is 22.9 Å². The summed E-state index contributed by atoms with van der Waals surface area (Å²) in [6.45, 7) is 4.56. The highest BCUT2D eigenvalue weighted by molar-refractivity contribution is 6.35. The average molecular weight is 452 g/mol. The van der Waals surface area contributed by atoms with Crippen molar-refractivity contribution in [3.05, 3.63) is 47.5 Å². The first-order chi connectivity index (χ1) is 15.6. The SMILES string of the molecule is C[C@H](Nc1ncnc2nc[nH]c12)c1cc2cccc(Cl)c2nc1NCCN1CCNC1=O. The zero-order chi connectivity index (χ0) is 22.1. The van der Waals surface area contributed by atoms with Crippen molar-refractivity contribution in [3.63, 3.8) is 0 Å². The van der Waals surface area contributed by atoms with Gasteiger partial charge in [0.2, 0.25) is 0 Å². The normalized spacial score (nSPS) is 14.7. The molecule has 5 rings (SSSR count). The molecule has 11 heteroatoms. The lowest BCUT2D eigenvalue weighted by atomic mass is 10.1. The second-order valence-corrected chi connectivity index (χ2v) is 7.98. The summed E-state index contributed by atoms with van der Waals surface area (Å²) in [5.41, 5.74) is 3.02. The van der Waals surface area contributed by atoms with Crippen LogP contribution in [0.5, 0.6) is 0 Å². The lowest BCUT2D eigenvalue weighted by Crippen LogP contribution is -2.32. The van der Waals surface area contributed by atoms with Crippen LogP contribution in [0, 0.1) is 0 Å². The predicted octanol–water partition coefficient (Wildman–Crippen LogP) is 3.16. The minimum absolute atomic E-state index is 0.0380. The van der Waals surface area contributed by atoms with Crippen molar-refractivity contribution in [2.24, 2.45) is 0 Å². The monoisotopic (exact) mass is 451 g/mol. The molecule has 1 aromatic carbocycles. The number of nitrogens with zero attached hydrogens (tertiary/aromatic N) is 5. The summed E-state index contributed by atoms with van der Waals surface area (Å²) in [6, 6.07) is 7.62. The molecule has 1 aliphatic heterocycles. The second-order valence-electron chi connectivity index (χ2n) is 7.57. The van der Waals surface area contributed by atoms with Gasteiger partial charge in [-0.2, -0.15) is 0 Å². The van der Waals surface area contributed by atoms with Gasteiger partial charge in [0.1, 0.15) is 17.7 Å². The average Bonchev–Trinajstić information content (AvgIpc) is 3.43. The van der Waals surface area contributed by atoms with Crippen molar-refractivity contribution >= 4 is 51.3 Å². The molecule has 4 heterocycles. The standard InChI is InChI=1S/C21H22ClN9O/c1-12(29-20-17-19(26-10-25-17)27-11-28-20)14-9-13-3-2-4-15(22)16(13)30-18(14)23-5-7-31-8-6-24-21(31)32/h2-4,9-12H,5-8H2,1H3,(H,23,30)(H,24,32)(H2,25,26,27,28,29)/t12-/m0/s1. The van der Waals surface area contributed by atoms with Crippen molar-refractivity contribution in [1.82, 2.24) is 35.1 Å². The van der Waals surface area contributed by atoms with E-state index in [-0.39, 0.29) is 12.1 Å². The van der Waals surface area contributed by atoms with Gasteiger partial charge in [0.25, 0.3) is 0 Å². The Morgan fingerprint density at radius 3 is 3.00 bits per heavy atom. The van der Waals surface area contributed by atoms with E-state index in [1.807, 2.05) is 25.1 Å². The quantitative estimate of drug-likeness (QED) is 0.340. The third kappa shape index (κ3) is 3.84. The molecule has 1 fully saturated rings. The molecule has 10 nitrogen and oxygen atoms in total. The summed E-state index contributed by atoms with van der Waals surface area (Å²) in [4.78, 5) is 34.2. The molecule has 4 aromatic rings. The number of H-pyrrole nitrogens is 1. The van der Waals surface area contributed by atoms with E-state index in [1.165, 1.54) is 6.33 Å². The van der Waals surface area contributed by atoms with Crippen LogP contribution in [0.4, 0.5) is 16.4 Å². The Balaban J connectivity index is 1.45. The molecular formula is C21H22ClN9O. The van der Waals surface area contributed by atoms with Gasteiger partial charge in [-0.25, -0.2) is 24.7 Å². The highest BCUT2D eigenvalue weighted by atomic mass is 35.5. The van der Waals surface area contributed by atoms with Crippen LogP contribution in [-0.4, -0.2) is 62.0 Å². The number of urea groups is 1. The smallest absolute Gasteiger partial charge is 0.317 e. The number of imidazole rings is 1. The molecule has 0 bridgehead atoms. The number of pyridine rings is 1. The molecule has 1 atom stereocenters. The Hall–Kier alpha value is -3.66. The lowest BCUT2D eigenvalue weighted by Gasteiger charge is -2.21. The van der Waals surface area contributed by atoms with Crippen LogP contribution >= 0.6 is 11.6 Å². The fraction of sp³-hybridized carbons (Fsp3) is 0.286. The fourth-order valence-electron chi connectivity index (χ4n) is 3.84. The number of rotatable bonds is 7. The number of aromatic nitrogens is 5. The highest BCUT2D eigenvalue weighted by Gasteiger charge is 2.20. The molecule has 4 N–H and O–H groups in total. The van der Waals surface area contributed by atoms with Crippen LogP contribution in [0.2, 0.25) is 5.02 Å². The van der Waals surface area contributed by atoms with E-state index >= 15 is 0 Å². The van der Waals surface area contributed by atoms with E-state index in [2.05, 4.69) is 42.0 Å². The third-order valence-corrected chi connectivity index (χ3v) is 5.79. The number of halogens is 1. The van der Waals surface area contributed by atoms with Crippen LogP contribution < -0.4 is 16.0 Å². The number of aromatic amines is 1. The Kier molecular flexibility index (Phi) is 5.36. The maximum Gasteiger partial charge on any atom is 0.317 e. The maximum absolute atomic E-state index is 11.8. The molecule has 3 aromatic heterocycles. The molecule has 0 spiro atoms. The summed E-state index contributed by atoms with van der Waals surface area (Å²) >= 11 is 6.41. The molecule has 0 radical (unpaired) electrons. The van der Waals surface area contributed by atoms with Gasteiger partial charge in [-0.1, -0.05) is 23.7 Å². The molecule has 0 saturated carbocycles. The Bertz CT molecular complexity index is 1290. The largest absolute Gasteiger partial charge is 0.368 e. The Morgan fingerprint density at radius 2 is 2.16 bits per heavy atom. The first kappa shape index (κ1) is 20.3. The van der Waals surface area contributed by atoms with Gasteiger partial charge < -0.3 is 25.8 Å². The number of benzene rings is 1. The van der Waals surface area contributed by atoms with Gasteiger partial charge in [0, 0.05) is 37.1 Å². The molecule has 32 heavy (non-hydrogen) atoms. The van der Waals surface area contributed by atoms with Crippen LogP contribution in [0.25, 0.3) is 22.1 Å². The number of carbonyl (C=O) groups excluding carboxylic acids is 1. The fourth-order valence-corrected chi connectivity index (χ4v) is 4.07. The first-order valence-corrected chi connectivity index (χ1v) is 10.7. The van der Waals surface area contributed by atoms with Crippen LogP contribution in [0.15, 0.2) is 36.9 Å². The maximum atomic E-state index is 11.8. The van der Waals surface area contributed by atoms with Gasteiger partial charge in [-0.15, -0.1) is 0 Å². The van der Waals surface area contributed by atoms with E-state index in [4.69, 9.17) is 16.6 Å². The molecule has 1 saturated heterocycles. The van der Waals surface area contributed by atoms with Crippen LogP contribution in [0.3, 0.4) is 0 Å². The van der Waals surface area contributed by atoms with Crippen molar-refractivity contribution in [2.75, 3.05) is 36.8 Å². The summed E-state index contributed by atoms with van der Waals surface area (Å²) in [5.74, 6) is 1.37. The van der Waals surface area contributed by atoms with Gasteiger partial charge in [-0.05, 0) is 19.1 Å². The van der Waals surface area contributed by atoms with Crippen molar-refractivity contribution < 1.29 is 4.79 Å². The van der Waals surface area contributed by atoms with Gasteiger partial charge >= 0.3 is 6.03 Å². The number of fused-ring (bicyclic) bond motifs is 2. The van der Waals surface area contributed by atoms with Gasteiger partial charge in [-0.3, -0.25) is 0 Å². The summed E-state index contributed by atoms with van der Waals surface area (Å²) < 4.78 is 0. The van der Waals surface area contributed by atoms with Gasteiger partial charge in [0.15, 0.2) is 11.5 Å². The van der Waals surface area contributed by atoms with E-state index in [0.29, 0.717) is 48.5 Å². The van der Waals surface area contributed by atoms with Crippen molar-refractivity contribution in [1.29, 1.82) is 0 Å². The minimum Gasteiger partial charge on any atom is -0.368 e. The zero-order valence-electron chi connectivity index (χ0n) is 17.4. The lowest BCUT2D eigenvalue weighted by molar-refractivity contribution is 0.219. The first-order valence-electron chi connectivity index (χ1n) is 10.4.